The molecule has 0 spiro atoms. The Bertz CT molecular complexity index is 430. The molecule has 0 N–H and O–H groups in total. The Morgan fingerprint density at radius 2 is 2.05 bits per heavy atom. The van der Waals surface area contributed by atoms with Crippen molar-refractivity contribution < 1.29 is 9.53 Å². The molecule has 0 aromatic heterocycles. The fourth-order valence-corrected chi connectivity index (χ4v) is 3.16. The third-order valence-electron chi connectivity index (χ3n) is 3.51. The van der Waals surface area contributed by atoms with Crippen molar-refractivity contribution in [1.82, 2.24) is 4.90 Å². The predicted molar refractivity (Wildman–Crippen MR) is 78.9 cm³/mol. The number of esters is 1. The van der Waals surface area contributed by atoms with E-state index >= 15 is 0 Å². The fourth-order valence-electron chi connectivity index (χ4n) is 2.61. The van der Waals surface area contributed by atoms with E-state index in [2.05, 4.69) is 26.9 Å². The van der Waals surface area contributed by atoms with Gasteiger partial charge < -0.3 is 4.74 Å². The largest absolute Gasteiger partial charge is 0.466 e. The molecule has 1 saturated heterocycles. The molecule has 2 rings (SSSR count). The zero-order chi connectivity index (χ0) is 13.7. The third-order valence-corrected chi connectivity index (χ3v) is 4.23. The van der Waals surface area contributed by atoms with Crippen molar-refractivity contribution in [3.8, 4) is 0 Å². The SMILES string of the molecule is CCOC(=O)CC(c1ccccc1Br)N1CCCC1. The maximum Gasteiger partial charge on any atom is 0.307 e. The summed E-state index contributed by atoms with van der Waals surface area (Å²) in [6.07, 6.45) is 2.85. The first-order valence-electron chi connectivity index (χ1n) is 6.86. The van der Waals surface area contributed by atoms with Crippen LogP contribution in [0.25, 0.3) is 0 Å². The predicted octanol–water partition coefficient (Wildman–Crippen LogP) is 3.54. The molecular weight excluding hydrogens is 306 g/mol. The van der Waals surface area contributed by atoms with E-state index in [4.69, 9.17) is 4.74 Å². The summed E-state index contributed by atoms with van der Waals surface area (Å²) >= 11 is 3.59. The van der Waals surface area contributed by atoms with Gasteiger partial charge in [-0.15, -0.1) is 0 Å². The summed E-state index contributed by atoms with van der Waals surface area (Å²) in [5, 5.41) is 0. The Morgan fingerprint density at radius 3 is 2.68 bits per heavy atom. The lowest BCUT2D eigenvalue weighted by Crippen LogP contribution is -2.28. The van der Waals surface area contributed by atoms with Crippen LogP contribution in [0.15, 0.2) is 28.7 Å². The topological polar surface area (TPSA) is 29.5 Å². The van der Waals surface area contributed by atoms with Gasteiger partial charge in [-0.25, -0.2) is 0 Å². The third kappa shape index (κ3) is 3.80. The minimum absolute atomic E-state index is 0.116. The maximum absolute atomic E-state index is 11.8. The van der Waals surface area contributed by atoms with Crippen LogP contribution in [-0.2, 0) is 9.53 Å². The van der Waals surface area contributed by atoms with Gasteiger partial charge >= 0.3 is 5.97 Å². The van der Waals surface area contributed by atoms with Gasteiger partial charge in [-0.05, 0) is 44.5 Å². The second-order valence-electron chi connectivity index (χ2n) is 4.79. The van der Waals surface area contributed by atoms with Crippen LogP contribution >= 0.6 is 15.9 Å². The first kappa shape index (κ1) is 14.5. The molecule has 0 bridgehead atoms. The van der Waals surface area contributed by atoms with E-state index in [1.54, 1.807) is 0 Å². The molecule has 1 atom stereocenters. The van der Waals surface area contributed by atoms with Gasteiger partial charge in [0, 0.05) is 10.5 Å². The number of hydrogen-bond acceptors (Lipinski definition) is 3. The van der Waals surface area contributed by atoms with Gasteiger partial charge in [-0.2, -0.15) is 0 Å². The van der Waals surface area contributed by atoms with Crippen LogP contribution in [0, 0.1) is 0 Å². The average molecular weight is 326 g/mol. The number of nitrogens with zero attached hydrogens (tertiary/aromatic N) is 1. The number of likely N-dealkylation sites (tertiary alicyclic amines) is 1. The first-order chi connectivity index (χ1) is 9.22. The Hall–Kier alpha value is -0.870. The molecule has 1 aliphatic heterocycles. The van der Waals surface area contributed by atoms with Gasteiger partial charge in [0.15, 0.2) is 0 Å². The zero-order valence-electron chi connectivity index (χ0n) is 11.3. The van der Waals surface area contributed by atoms with Crippen LogP contribution < -0.4 is 0 Å². The van der Waals surface area contributed by atoms with Gasteiger partial charge in [0.2, 0.25) is 0 Å². The number of carbonyl (C=O) groups is 1. The van der Waals surface area contributed by atoms with E-state index in [-0.39, 0.29) is 12.0 Å². The number of ether oxygens (including phenoxy) is 1. The minimum atomic E-state index is -0.116. The number of hydrogen-bond donors (Lipinski definition) is 0. The maximum atomic E-state index is 11.8. The number of halogens is 1. The van der Waals surface area contributed by atoms with Crippen molar-refractivity contribution in [2.45, 2.75) is 32.2 Å². The molecule has 0 aliphatic carbocycles. The van der Waals surface area contributed by atoms with Crippen molar-refractivity contribution in [2.75, 3.05) is 19.7 Å². The lowest BCUT2D eigenvalue weighted by molar-refractivity contribution is -0.144. The number of carbonyl (C=O) groups excluding carboxylic acids is 1. The van der Waals surface area contributed by atoms with Crippen LogP contribution in [0.5, 0.6) is 0 Å². The molecule has 104 valence electrons. The van der Waals surface area contributed by atoms with E-state index in [9.17, 15) is 4.79 Å². The van der Waals surface area contributed by atoms with E-state index < -0.39 is 0 Å². The first-order valence-corrected chi connectivity index (χ1v) is 7.65. The van der Waals surface area contributed by atoms with Crippen LogP contribution in [-0.4, -0.2) is 30.6 Å². The molecule has 0 radical (unpaired) electrons. The zero-order valence-corrected chi connectivity index (χ0v) is 12.9. The molecule has 1 aliphatic rings. The van der Waals surface area contributed by atoms with Gasteiger partial charge in [-0.1, -0.05) is 34.1 Å². The number of benzene rings is 1. The van der Waals surface area contributed by atoms with Crippen LogP contribution in [0.2, 0.25) is 0 Å². The summed E-state index contributed by atoms with van der Waals surface area (Å²) in [6, 6.07) is 8.26. The van der Waals surface area contributed by atoms with Gasteiger partial charge in [0.1, 0.15) is 0 Å². The molecule has 3 nitrogen and oxygen atoms in total. The molecule has 1 unspecified atom stereocenters. The van der Waals surface area contributed by atoms with Gasteiger partial charge in [0.25, 0.3) is 0 Å². The molecular formula is C15H20BrNO2. The summed E-state index contributed by atoms with van der Waals surface area (Å²) in [7, 11) is 0. The summed E-state index contributed by atoms with van der Waals surface area (Å²) in [6.45, 7) is 4.42. The standard InChI is InChI=1S/C15H20BrNO2/c1-2-19-15(18)11-14(17-9-5-6-10-17)12-7-3-4-8-13(12)16/h3-4,7-8,14H,2,5-6,9-11H2,1H3. The lowest BCUT2D eigenvalue weighted by Gasteiger charge is -2.28. The van der Waals surface area contributed by atoms with Crippen molar-refractivity contribution >= 4 is 21.9 Å². The van der Waals surface area contributed by atoms with Crippen molar-refractivity contribution in [3.63, 3.8) is 0 Å². The van der Waals surface area contributed by atoms with Gasteiger partial charge in [0.05, 0.1) is 13.0 Å². The summed E-state index contributed by atoms with van der Waals surface area (Å²) in [5.74, 6) is -0.116. The second-order valence-corrected chi connectivity index (χ2v) is 5.64. The molecule has 19 heavy (non-hydrogen) atoms. The van der Waals surface area contributed by atoms with E-state index in [1.165, 1.54) is 18.4 Å². The van der Waals surface area contributed by atoms with Crippen molar-refractivity contribution in [3.05, 3.63) is 34.3 Å². The quantitative estimate of drug-likeness (QED) is 0.775. The second kappa shape index (κ2) is 7.06. The number of rotatable bonds is 5. The normalized spacial score (nSPS) is 17.4. The fraction of sp³-hybridized carbons (Fsp3) is 0.533. The Labute approximate surface area is 123 Å². The van der Waals surface area contributed by atoms with E-state index in [0.29, 0.717) is 13.0 Å². The highest BCUT2D eigenvalue weighted by Crippen LogP contribution is 2.32. The van der Waals surface area contributed by atoms with Crippen molar-refractivity contribution in [1.29, 1.82) is 0 Å². The summed E-state index contributed by atoms with van der Waals surface area (Å²) in [4.78, 5) is 14.2. The molecule has 1 aromatic rings. The molecule has 0 saturated carbocycles. The average Bonchev–Trinajstić information content (AvgIpc) is 2.91. The highest BCUT2D eigenvalue weighted by molar-refractivity contribution is 9.10. The summed E-state index contributed by atoms with van der Waals surface area (Å²) < 4.78 is 6.18. The molecule has 1 fully saturated rings. The van der Waals surface area contributed by atoms with Crippen LogP contribution in [0.1, 0.15) is 37.8 Å². The van der Waals surface area contributed by atoms with Crippen LogP contribution in [0.4, 0.5) is 0 Å². The highest BCUT2D eigenvalue weighted by atomic mass is 79.9. The highest BCUT2D eigenvalue weighted by Gasteiger charge is 2.27. The Morgan fingerprint density at radius 1 is 1.37 bits per heavy atom. The Kier molecular flexibility index (Phi) is 5.40. The van der Waals surface area contributed by atoms with E-state index in [0.717, 1.165) is 17.6 Å². The molecule has 1 aromatic carbocycles. The van der Waals surface area contributed by atoms with Crippen molar-refractivity contribution in [2.24, 2.45) is 0 Å². The van der Waals surface area contributed by atoms with Gasteiger partial charge in [-0.3, -0.25) is 9.69 Å². The lowest BCUT2D eigenvalue weighted by atomic mass is 10.0. The van der Waals surface area contributed by atoms with Crippen LogP contribution in [0.3, 0.4) is 0 Å². The van der Waals surface area contributed by atoms with E-state index in [1.807, 2.05) is 25.1 Å². The Balaban J connectivity index is 2.18. The minimum Gasteiger partial charge on any atom is -0.466 e. The molecule has 1 heterocycles. The monoisotopic (exact) mass is 325 g/mol. The smallest absolute Gasteiger partial charge is 0.307 e. The molecule has 4 heteroatoms. The summed E-state index contributed by atoms with van der Waals surface area (Å²) in [5.41, 5.74) is 1.18. The molecule has 0 amide bonds.